The SMILES string of the molecule is CC(C)(C)CC(O)CNCCCCC(C)(C)C#N. The lowest BCUT2D eigenvalue weighted by molar-refractivity contribution is 0.119. The predicted octanol–water partition coefficient (Wildman–Crippen LogP) is 3.09. The Kier molecular flexibility index (Phi) is 7.51. The van der Waals surface area contributed by atoms with Crippen LogP contribution in [-0.4, -0.2) is 24.3 Å². The fourth-order valence-electron chi connectivity index (χ4n) is 1.92. The van der Waals surface area contributed by atoms with Crippen LogP contribution in [0.4, 0.5) is 0 Å². The van der Waals surface area contributed by atoms with E-state index in [4.69, 9.17) is 5.26 Å². The number of nitriles is 1. The van der Waals surface area contributed by atoms with E-state index in [1.807, 2.05) is 13.8 Å². The van der Waals surface area contributed by atoms with Gasteiger partial charge >= 0.3 is 0 Å². The van der Waals surface area contributed by atoms with Gasteiger partial charge in [-0.25, -0.2) is 0 Å². The molecule has 106 valence electrons. The Hall–Kier alpha value is -0.590. The van der Waals surface area contributed by atoms with Gasteiger partial charge in [0.1, 0.15) is 0 Å². The van der Waals surface area contributed by atoms with E-state index in [1.165, 1.54) is 0 Å². The molecule has 0 amide bonds. The van der Waals surface area contributed by atoms with Gasteiger partial charge in [0.15, 0.2) is 0 Å². The summed E-state index contributed by atoms with van der Waals surface area (Å²) in [6.45, 7) is 12.0. The van der Waals surface area contributed by atoms with Crippen molar-refractivity contribution in [2.45, 2.75) is 66.4 Å². The molecule has 1 atom stereocenters. The Morgan fingerprint density at radius 3 is 2.28 bits per heavy atom. The van der Waals surface area contributed by atoms with Crippen molar-refractivity contribution in [2.75, 3.05) is 13.1 Å². The van der Waals surface area contributed by atoms with Gasteiger partial charge in [-0.2, -0.15) is 5.26 Å². The number of nitrogens with one attached hydrogen (secondary N) is 1. The van der Waals surface area contributed by atoms with E-state index in [0.29, 0.717) is 6.54 Å². The van der Waals surface area contributed by atoms with Crippen LogP contribution in [-0.2, 0) is 0 Å². The lowest BCUT2D eigenvalue weighted by Crippen LogP contribution is -2.30. The third-order valence-electron chi connectivity index (χ3n) is 2.94. The van der Waals surface area contributed by atoms with Crippen molar-refractivity contribution in [3.8, 4) is 6.07 Å². The summed E-state index contributed by atoms with van der Waals surface area (Å²) >= 11 is 0. The zero-order valence-electron chi connectivity index (χ0n) is 12.7. The third-order valence-corrected chi connectivity index (χ3v) is 2.94. The largest absolute Gasteiger partial charge is 0.392 e. The van der Waals surface area contributed by atoms with Gasteiger partial charge in [-0.05, 0) is 45.1 Å². The average molecular weight is 254 g/mol. The molecule has 0 aromatic carbocycles. The number of nitrogens with zero attached hydrogens (tertiary/aromatic N) is 1. The van der Waals surface area contributed by atoms with Crippen molar-refractivity contribution in [1.82, 2.24) is 5.32 Å². The van der Waals surface area contributed by atoms with Crippen LogP contribution in [0.15, 0.2) is 0 Å². The highest BCUT2D eigenvalue weighted by Gasteiger charge is 2.17. The van der Waals surface area contributed by atoms with Gasteiger partial charge in [-0.3, -0.25) is 0 Å². The molecule has 0 aliphatic heterocycles. The molecule has 0 aromatic heterocycles. The third kappa shape index (κ3) is 10.6. The van der Waals surface area contributed by atoms with E-state index in [0.717, 1.165) is 32.2 Å². The van der Waals surface area contributed by atoms with Gasteiger partial charge < -0.3 is 10.4 Å². The van der Waals surface area contributed by atoms with Crippen molar-refractivity contribution < 1.29 is 5.11 Å². The van der Waals surface area contributed by atoms with Gasteiger partial charge in [0.2, 0.25) is 0 Å². The lowest BCUT2D eigenvalue weighted by Gasteiger charge is -2.22. The Labute approximate surface area is 113 Å². The molecule has 0 rings (SSSR count). The maximum absolute atomic E-state index is 9.80. The van der Waals surface area contributed by atoms with Crippen LogP contribution in [0.1, 0.15) is 60.3 Å². The van der Waals surface area contributed by atoms with Crippen molar-refractivity contribution in [1.29, 1.82) is 5.26 Å². The number of hydrogen-bond donors (Lipinski definition) is 2. The van der Waals surface area contributed by atoms with Crippen LogP contribution < -0.4 is 5.32 Å². The molecule has 3 nitrogen and oxygen atoms in total. The maximum Gasteiger partial charge on any atom is 0.0683 e. The fraction of sp³-hybridized carbons (Fsp3) is 0.933. The quantitative estimate of drug-likeness (QED) is 0.654. The maximum atomic E-state index is 9.80. The van der Waals surface area contributed by atoms with Crippen LogP contribution in [0.3, 0.4) is 0 Å². The first-order valence-corrected chi connectivity index (χ1v) is 6.96. The molecule has 0 aliphatic rings. The summed E-state index contributed by atoms with van der Waals surface area (Å²) in [6, 6.07) is 2.32. The number of aliphatic hydroxyl groups is 1. The van der Waals surface area contributed by atoms with Gasteiger partial charge in [0.05, 0.1) is 17.6 Å². The first kappa shape index (κ1) is 17.4. The summed E-state index contributed by atoms with van der Waals surface area (Å²) in [7, 11) is 0. The molecule has 0 saturated carbocycles. The molecule has 0 radical (unpaired) electrons. The monoisotopic (exact) mass is 254 g/mol. The van der Waals surface area contributed by atoms with E-state index < -0.39 is 0 Å². The highest BCUT2D eigenvalue weighted by atomic mass is 16.3. The number of aliphatic hydroxyl groups excluding tert-OH is 1. The molecule has 0 fully saturated rings. The average Bonchev–Trinajstić information content (AvgIpc) is 2.20. The molecular formula is C15H30N2O. The van der Waals surface area contributed by atoms with Crippen molar-refractivity contribution >= 4 is 0 Å². The van der Waals surface area contributed by atoms with Crippen LogP contribution in [0.2, 0.25) is 0 Å². The second-order valence-corrected chi connectivity index (χ2v) is 7.08. The minimum atomic E-state index is -0.263. The van der Waals surface area contributed by atoms with Crippen molar-refractivity contribution in [2.24, 2.45) is 10.8 Å². The van der Waals surface area contributed by atoms with Crippen LogP contribution in [0, 0.1) is 22.2 Å². The van der Waals surface area contributed by atoms with Crippen LogP contribution in [0.25, 0.3) is 0 Å². The van der Waals surface area contributed by atoms with E-state index in [2.05, 4.69) is 32.2 Å². The highest BCUT2D eigenvalue weighted by molar-refractivity contribution is 4.91. The van der Waals surface area contributed by atoms with Crippen LogP contribution in [0.5, 0.6) is 0 Å². The summed E-state index contributed by atoms with van der Waals surface area (Å²) < 4.78 is 0. The standard InChI is InChI=1S/C15H30N2O/c1-14(2,3)10-13(18)11-17-9-7-6-8-15(4,5)12-16/h13,17-18H,6-11H2,1-5H3. The molecule has 2 N–H and O–H groups in total. The Bertz CT molecular complexity index is 261. The zero-order valence-corrected chi connectivity index (χ0v) is 12.7. The minimum absolute atomic E-state index is 0.178. The van der Waals surface area contributed by atoms with E-state index in [9.17, 15) is 5.11 Å². The molecule has 0 saturated heterocycles. The summed E-state index contributed by atoms with van der Waals surface area (Å²) in [6.07, 6.45) is 3.62. The fourth-order valence-corrected chi connectivity index (χ4v) is 1.92. The van der Waals surface area contributed by atoms with Gasteiger partial charge in [0.25, 0.3) is 0 Å². The molecule has 1 unspecified atom stereocenters. The van der Waals surface area contributed by atoms with Gasteiger partial charge in [-0.1, -0.05) is 27.2 Å². The second-order valence-electron chi connectivity index (χ2n) is 7.08. The summed E-state index contributed by atoms with van der Waals surface area (Å²) in [5.74, 6) is 0. The van der Waals surface area contributed by atoms with Gasteiger partial charge in [0, 0.05) is 6.54 Å². The smallest absolute Gasteiger partial charge is 0.0683 e. The zero-order chi connectivity index (χ0) is 14.2. The molecular weight excluding hydrogens is 224 g/mol. The highest BCUT2D eigenvalue weighted by Crippen LogP contribution is 2.21. The number of unbranched alkanes of at least 4 members (excludes halogenated alkanes) is 1. The van der Waals surface area contributed by atoms with E-state index in [-0.39, 0.29) is 16.9 Å². The van der Waals surface area contributed by atoms with Gasteiger partial charge in [-0.15, -0.1) is 0 Å². The topological polar surface area (TPSA) is 56.0 Å². The molecule has 0 aliphatic carbocycles. The number of hydrogen-bond acceptors (Lipinski definition) is 3. The molecule has 0 bridgehead atoms. The first-order chi connectivity index (χ1) is 8.16. The Balaban J connectivity index is 3.50. The lowest BCUT2D eigenvalue weighted by atomic mass is 9.89. The normalized spacial score (nSPS) is 14.3. The molecule has 18 heavy (non-hydrogen) atoms. The predicted molar refractivity (Wildman–Crippen MR) is 76.2 cm³/mol. The summed E-state index contributed by atoms with van der Waals surface area (Å²) in [5.41, 5.74) is -0.0241. The first-order valence-electron chi connectivity index (χ1n) is 6.96. The van der Waals surface area contributed by atoms with Crippen molar-refractivity contribution in [3.05, 3.63) is 0 Å². The van der Waals surface area contributed by atoms with Crippen molar-refractivity contribution in [3.63, 3.8) is 0 Å². The summed E-state index contributed by atoms with van der Waals surface area (Å²) in [5, 5.41) is 22.0. The van der Waals surface area contributed by atoms with Crippen LogP contribution >= 0.6 is 0 Å². The minimum Gasteiger partial charge on any atom is -0.392 e. The molecule has 3 heteroatoms. The van der Waals surface area contributed by atoms with E-state index in [1.54, 1.807) is 0 Å². The Morgan fingerprint density at radius 2 is 1.78 bits per heavy atom. The number of rotatable bonds is 8. The van der Waals surface area contributed by atoms with E-state index >= 15 is 0 Å². The second kappa shape index (κ2) is 7.76. The summed E-state index contributed by atoms with van der Waals surface area (Å²) in [4.78, 5) is 0. The molecule has 0 aromatic rings. The molecule has 0 spiro atoms. The Morgan fingerprint density at radius 1 is 1.17 bits per heavy atom. The molecule has 0 heterocycles.